The van der Waals surface area contributed by atoms with Crippen LogP contribution >= 0.6 is 0 Å². The highest BCUT2D eigenvalue weighted by Crippen LogP contribution is 2.53. The monoisotopic (exact) mass is 483 g/mol. The quantitative estimate of drug-likeness (QED) is 0.492. The van der Waals surface area contributed by atoms with Crippen LogP contribution in [0.5, 0.6) is 0 Å². The molecule has 0 aliphatic carbocycles. The highest BCUT2D eigenvalue weighted by molar-refractivity contribution is 6.13. The fourth-order valence-corrected chi connectivity index (χ4v) is 5.17. The molecule has 5 rings (SSSR count). The van der Waals surface area contributed by atoms with Gasteiger partial charge in [0.15, 0.2) is 6.10 Å². The molecule has 0 radical (unpaired) electrons. The molecule has 1 saturated heterocycles. The van der Waals surface area contributed by atoms with Crippen molar-refractivity contribution in [2.75, 3.05) is 42.6 Å². The van der Waals surface area contributed by atoms with Crippen LogP contribution in [0.3, 0.4) is 0 Å². The SMILES string of the molecule is COCC(=O)N1C(N(C)c2ccccc2)=CC2(c3ccc(C)cc3)C(OC)C(=O)N2c2ccccc21. The number of benzene rings is 3. The van der Waals surface area contributed by atoms with Crippen molar-refractivity contribution in [2.45, 2.75) is 18.6 Å². The van der Waals surface area contributed by atoms with Crippen molar-refractivity contribution in [3.63, 3.8) is 0 Å². The summed E-state index contributed by atoms with van der Waals surface area (Å²) >= 11 is 0. The van der Waals surface area contributed by atoms with E-state index >= 15 is 0 Å². The largest absolute Gasteiger partial charge is 0.375 e. The predicted octanol–water partition coefficient (Wildman–Crippen LogP) is 4.22. The van der Waals surface area contributed by atoms with Gasteiger partial charge in [-0.1, -0.05) is 60.2 Å². The number of para-hydroxylation sites is 3. The molecule has 7 nitrogen and oxygen atoms in total. The zero-order valence-electron chi connectivity index (χ0n) is 20.8. The molecule has 2 amide bonds. The molecule has 2 atom stereocenters. The molecule has 0 spiro atoms. The summed E-state index contributed by atoms with van der Waals surface area (Å²) in [6.45, 7) is 1.91. The second-order valence-electron chi connectivity index (χ2n) is 9.03. The van der Waals surface area contributed by atoms with Gasteiger partial charge >= 0.3 is 0 Å². The van der Waals surface area contributed by atoms with E-state index in [1.807, 2.05) is 104 Å². The van der Waals surface area contributed by atoms with Crippen molar-refractivity contribution in [1.82, 2.24) is 0 Å². The van der Waals surface area contributed by atoms with Crippen LogP contribution in [0.2, 0.25) is 0 Å². The maximum Gasteiger partial charge on any atom is 0.260 e. The number of carbonyl (C=O) groups excluding carboxylic acids is 2. The third-order valence-corrected chi connectivity index (χ3v) is 6.91. The van der Waals surface area contributed by atoms with E-state index < -0.39 is 11.6 Å². The Morgan fingerprint density at radius 1 is 0.944 bits per heavy atom. The van der Waals surface area contributed by atoms with Gasteiger partial charge < -0.3 is 14.4 Å². The number of anilines is 3. The van der Waals surface area contributed by atoms with Gasteiger partial charge in [-0.15, -0.1) is 0 Å². The minimum atomic E-state index is -0.962. The molecule has 184 valence electrons. The van der Waals surface area contributed by atoms with E-state index in [0.717, 1.165) is 16.8 Å². The number of ether oxygens (including phenoxy) is 2. The summed E-state index contributed by atoms with van der Waals surface area (Å²) in [5.41, 5.74) is 3.17. The predicted molar refractivity (Wildman–Crippen MR) is 140 cm³/mol. The molecule has 0 N–H and O–H groups in total. The molecule has 3 aromatic rings. The lowest BCUT2D eigenvalue weighted by Crippen LogP contribution is -2.72. The van der Waals surface area contributed by atoms with Crippen molar-refractivity contribution in [3.05, 3.63) is 102 Å². The van der Waals surface area contributed by atoms with Gasteiger partial charge in [0.25, 0.3) is 11.8 Å². The van der Waals surface area contributed by atoms with E-state index in [1.165, 1.54) is 7.11 Å². The van der Waals surface area contributed by atoms with E-state index in [0.29, 0.717) is 17.2 Å². The first-order valence-corrected chi connectivity index (χ1v) is 11.8. The summed E-state index contributed by atoms with van der Waals surface area (Å²) in [4.78, 5) is 32.5. The molecule has 2 aliphatic heterocycles. The van der Waals surface area contributed by atoms with Crippen LogP contribution in [-0.2, 0) is 24.6 Å². The van der Waals surface area contributed by atoms with Crippen LogP contribution in [-0.4, -0.2) is 45.8 Å². The third-order valence-electron chi connectivity index (χ3n) is 6.91. The fraction of sp³-hybridized carbons (Fsp3) is 0.241. The summed E-state index contributed by atoms with van der Waals surface area (Å²) in [6, 6.07) is 25.4. The number of hydrogen-bond donors (Lipinski definition) is 0. The molecule has 0 saturated carbocycles. The first kappa shape index (κ1) is 23.8. The Hall–Kier alpha value is -3.94. The Morgan fingerprint density at radius 2 is 1.58 bits per heavy atom. The Balaban J connectivity index is 1.84. The molecule has 1 fully saturated rings. The van der Waals surface area contributed by atoms with Crippen molar-refractivity contribution in [1.29, 1.82) is 0 Å². The van der Waals surface area contributed by atoms with Crippen molar-refractivity contribution < 1.29 is 19.1 Å². The van der Waals surface area contributed by atoms with Gasteiger partial charge in [0.1, 0.15) is 18.0 Å². The molecule has 3 aromatic carbocycles. The first-order valence-electron chi connectivity index (χ1n) is 11.8. The second kappa shape index (κ2) is 9.26. The molecular weight excluding hydrogens is 454 g/mol. The van der Waals surface area contributed by atoms with E-state index in [9.17, 15) is 9.59 Å². The van der Waals surface area contributed by atoms with Crippen LogP contribution < -0.4 is 14.7 Å². The highest BCUT2D eigenvalue weighted by Gasteiger charge is 2.63. The lowest BCUT2D eigenvalue weighted by atomic mass is 9.74. The average molecular weight is 484 g/mol. The number of β-lactam (4-membered cyclic amide) rings is 1. The lowest BCUT2D eigenvalue weighted by molar-refractivity contribution is -0.144. The summed E-state index contributed by atoms with van der Waals surface area (Å²) in [6.07, 6.45) is 1.22. The molecule has 2 unspecified atom stereocenters. The molecule has 36 heavy (non-hydrogen) atoms. The fourth-order valence-electron chi connectivity index (χ4n) is 5.17. The maximum atomic E-state index is 13.6. The molecule has 2 aliphatic rings. The van der Waals surface area contributed by atoms with Gasteiger partial charge in [-0.3, -0.25) is 19.4 Å². The number of fused-ring (bicyclic) bond motifs is 3. The average Bonchev–Trinajstić information content (AvgIpc) is 3.00. The smallest absolute Gasteiger partial charge is 0.260 e. The maximum absolute atomic E-state index is 13.6. The second-order valence-corrected chi connectivity index (χ2v) is 9.03. The number of rotatable bonds is 6. The third kappa shape index (κ3) is 3.51. The number of methoxy groups -OCH3 is 2. The Labute approximate surface area is 211 Å². The number of nitrogens with zero attached hydrogens (tertiary/aromatic N) is 3. The number of aryl methyl sites for hydroxylation is 1. The zero-order chi connectivity index (χ0) is 25.4. The van der Waals surface area contributed by atoms with Crippen LogP contribution in [0.1, 0.15) is 11.1 Å². The molecular formula is C29H29N3O4. The zero-order valence-corrected chi connectivity index (χ0v) is 20.8. The highest BCUT2D eigenvalue weighted by atomic mass is 16.5. The summed E-state index contributed by atoms with van der Waals surface area (Å²) in [5, 5.41) is 0. The normalized spacial score (nSPS) is 20.6. The first-order chi connectivity index (χ1) is 17.4. The number of hydrogen-bond acceptors (Lipinski definition) is 5. The van der Waals surface area contributed by atoms with Crippen molar-refractivity contribution >= 4 is 28.9 Å². The number of carbonyl (C=O) groups is 2. The van der Waals surface area contributed by atoms with Gasteiger partial charge in [-0.2, -0.15) is 0 Å². The molecule has 0 bridgehead atoms. The molecule has 2 heterocycles. The van der Waals surface area contributed by atoms with Crippen LogP contribution in [0.15, 0.2) is 90.8 Å². The summed E-state index contributed by atoms with van der Waals surface area (Å²) in [5.74, 6) is 0.194. The lowest BCUT2D eigenvalue weighted by Gasteiger charge is -2.55. The van der Waals surface area contributed by atoms with Crippen LogP contribution in [0.4, 0.5) is 17.1 Å². The van der Waals surface area contributed by atoms with Gasteiger partial charge in [0.2, 0.25) is 0 Å². The summed E-state index contributed by atoms with van der Waals surface area (Å²) < 4.78 is 11.1. The Kier molecular flexibility index (Phi) is 6.12. The summed E-state index contributed by atoms with van der Waals surface area (Å²) in [7, 11) is 4.96. The minimum absolute atomic E-state index is 0.118. The minimum Gasteiger partial charge on any atom is -0.375 e. The Bertz CT molecular complexity index is 1320. The van der Waals surface area contributed by atoms with Crippen molar-refractivity contribution in [3.8, 4) is 0 Å². The van der Waals surface area contributed by atoms with E-state index in [1.54, 1.807) is 16.9 Å². The Morgan fingerprint density at radius 3 is 2.22 bits per heavy atom. The molecule has 7 heteroatoms. The van der Waals surface area contributed by atoms with Crippen molar-refractivity contribution in [2.24, 2.45) is 0 Å². The topological polar surface area (TPSA) is 62.3 Å². The van der Waals surface area contributed by atoms with Crippen LogP contribution in [0.25, 0.3) is 0 Å². The molecule has 0 aromatic heterocycles. The van der Waals surface area contributed by atoms with Gasteiger partial charge in [0.05, 0.1) is 11.4 Å². The van der Waals surface area contributed by atoms with Crippen LogP contribution in [0, 0.1) is 6.92 Å². The van der Waals surface area contributed by atoms with Gasteiger partial charge in [-0.05, 0) is 42.8 Å². The van der Waals surface area contributed by atoms with Gasteiger partial charge in [-0.25, -0.2) is 0 Å². The van der Waals surface area contributed by atoms with Gasteiger partial charge in [0, 0.05) is 27.0 Å². The van der Waals surface area contributed by atoms with E-state index in [4.69, 9.17) is 9.47 Å². The standard InChI is InChI=1S/C29H29N3O4/c1-20-14-16-21(17-15-20)29-18-25(30(2)22-10-6-5-7-11-22)31(26(33)19-35-3)23-12-8-9-13-24(23)32(29)28(34)27(29)36-4/h5-18,27H,19H2,1-4H3. The van der Waals surface area contributed by atoms with E-state index in [-0.39, 0.29) is 18.4 Å². The van der Waals surface area contributed by atoms with E-state index in [2.05, 4.69) is 0 Å². The number of amides is 2.